The second-order valence-corrected chi connectivity index (χ2v) is 7.92. The molecule has 0 spiro atoms. The van der Waals surface area contributed by atoms with Gasteiger partial charge in [-0.3, -0.25) is 9.59 Å². The predicted molar refractivity (Wildman–Crippen MR) is 113 cm³/mol. The second-order valence-electron chi connectivity index (χ2n) is 7.92. The Hall–Kier alpha value is -3.08. The summed E-state index contributed by atoms with van der Waals surface area (Å²) in [4.78, 5) is 25.0. The zero-order valence-corrected chi connectivity index (χ0v) is 16.4. The number of anilines is 1. The van der Waals surface area contributed by atoms with Gasteiger partial charge >= 0.3 is 0 Å². The summed E-state index contributed by atoms with van der Waals surface area (Å²) >= 11 is 0. The molecule has 1 heterocycles. The summed E-state index contributed by atoms with van der Waals surface area (Å²) in [6, 6.07) is 16.9. The first-order chi connectivity index (χ1) is 14.1. The number of carbonyl (C=O) groups excluding carboxylic acids is 2. The van der Waals surface area contributed by atoms with E-state index in [1.807, 2.05) is 42.5 Å². The fraction of sp³-hybridized carbons (Fsp3) is 0.333. The van der Waals surface area contributed by atoms with Gasteiger partial charge in [0.2, 0.25) is 0 Å². The third-order valence-electron chi connectivity index (χ3n) is 5.89. The van der Waals surface area contributed by atoms with Crippen LogP contribution >= 0.6 is 0 Å². The van der Waals surface area contributed by atoms with Crippen LogP contribution in [0.15, 0.2) is 65.9 Å². The maximum absolute atomic E-state index is 12.6. The molecule has 1 atom stereocenters. The average molecular weight is 390 g/mol. The minimum Gasteiger partial charge on any atom is -0.509 e. The molecule has 1 unspecified atom stereocenters. The van der Waals surface area contributed by atoms with Gasteiger partial charge in [-0.2, -0.15) is 0 Å². The number of nitrogens with one attached hydrogen (secondary N) is 2. The Kier molecular flexibility index (Phi) is 5.65. The van der Waals surface area contributed by atoms with E-state index in [4.69, 9.17) is 0 Å². The van der Waals surface area contributed by atoms with Gasteiger partial charge in [-0.1, -0.05) is 74.6 Å². The molecule has 1 aliphatic heterocycles. The number of aliphatic hydroxyl groups is 1. The lowest BCUT2D eigenvalue weighted by Gasteiger charge is -2.24. The molecule has 0 aromatic heterocycles. The highest BCUT2D eigenvalue weighted by Crippen LogP contribution is 2.31. The van der Waals surface area contributed by atoms with Crippen molar-refractivity contribution in [1.29, 1.82) is 0 Å². The van der Waals surface area contributed by atoms with Crippen molar-refractivity contribution in [3.05, 3.63) is 65.9 Å². The van der Waals surface area contributed by atoms with E-state index in [2.05, 4.69) is 10.6 Å². The van der Waals surface area contributed by atoms with Gasteiger partial charge in [-0.25, -0.2) is 0 Å². The Bertz CT molecular complexity index is 913. The summed E-state index contributed by atoms with van der Waals surface area (Å²) in [7, 11) is 0. The Morgan fingerprint density at radius 3 is 2.31 bits per heavy atom. The van der Waals surface area contributed by atoms with Gasteiger partial charge in [0.1, 0.15) is 11.3 Å². The molecule has 150 valence electrons. The summed E-state index contributed by atoms with van der Waals surface area (Å²) in [6.45, 7) is 0. The first-order valence-electron chi connectivity index (χ1n) is 10.3. The maximum Gasteiger partial charge on any atom is 0.264 e. The van der Waals surface area contributed by atoms with Crippen molar-refractivity contribution in [3.8, 4) is 11.1 Å². The normalized spacial score (nSPS) is 19.9. The molecule has 0 radical (unpaired) electrons. The molecule has 2 aromatic rings. The van der Waals surface area contributed by atoms with E-state index < -0.39 is 17.9 Å². The van der Waals surface area contributed by atoms with E-state index in [9.17, 15) is 14.7 Å². The molecule has 0 bridgehead atoms. The summed E-state index contributed by atoms with van der Waals surface area (Å²) in [5.41, 5.74) is 2.54. The number of benzene rings is 2. The van der Waals surface area contributed by atoms with Crippen molar-refractivity contribution in [2.75, 3.05) is 5.32 Å². The van der Waals surface area contributed by atoms with Gasteiger partial charge in [0.15, 0.2) is 0 Å². The highest BCUT2D eigenvalue weighted by atomic mass is 16.3. The lowest BCUT2D eigenvalue weighted by molar-refractivity contribution is -0.120. The summed E-state index contributed by atoms with van der Waals surface area (Å²) in [5.74, 6) is -0.705. The number of hydrogen-bond acceptors (Lipinski definition) is 3. The topological polar surface area (TPSA) is 78.4 Å². The zero-order valence-electron chi connectivity index (χ0n) is 16.4. The smallest absolute Gasteiger partial charge is 0.264 e. The van der Waals surface area contributed by atoms with Crippen LogP contribution < -0.4 is 10.6 Å². The quantitative estimate of drug-likeness (QED) is 0.654. The molecule has 4 rings (SSSR count). The van der Waals surface area contributed by atoms with Crippen molar-refractivity contribution < 1.29 is 14.7 Å². The van der Waals surface area contributed by atoms with Crippen molar-refractivity contribution in [3.63, 3.8) is 0 Å². The van der Waals surface area contributed by atoms with E-state index in [1.165, 1.54) is 19.3 Å². The minimum atomic E-state index is -0.571. The van der Waals surface area contributed by atoms with E-state index in [-0.39, 0.29) is 11.3 Å². The molecular weight excluding hydrogens is 364 g/mol. The first-order valence-corrected chi connectivity index (χ1v) is 10.3. The molecule has 5 heteroatoms. The fourth-order valence-corrected chi connectivity index (χ4v) is 4.31. The molecule has 2 aliphatic rings. The van der Waals surface area contributed by atoms with Gasteiger partial charge in [-0.15, -0.1) is 0 Å². The lowest BCUT2D eigenvalue weighted by Crippen LogP contribution is -2.32. The highest BCUT2D eigenvalue weighted by Gasteiger charge is 2.37. The number of amides is 2. The minimum absolute atomic E-state index is 0.126. The van der Waals surface area contributed by atoms with Crippen LogP contribution in [0.5, 0.6) is 0 Å². The van der Waals surface area contributed by atoms with Crippen molar-refractivity contribution in [1.82, 2.24) is 5.32 Å². The summed E-state index contributed by atoms with van der Waals surface area (Å²) in [5, 5.41) is 16.0. The van der Waals surface area contributed by atoms with Crippen LogP contribution in [0.1, 0.15) is 38.5 Å². The molecule has 29 heavy (non-hydrogen) atoms. The van der Waals surface area contributed by atoms with E-state index >= 15 is 0 Å². The lowest BCUT2D eigenvalue weighted by atomic mass is 9.84. The van der Waals surface area contributed by atoms with Gasteiger partial charge in [0.25, 0.3) is 11.8 Å². The Labute approximate surface area is 170 Å². The van der Waals surface area contributed by atoms with E-state index in [1.54, 1.807) is 12.1 Å². The third-order valence-corrected chi connectivity index (χ3v) is 5.89. The SMILES string of the molecule is O=C(Nc1ccc(-c2ccccc2)cc1)C1=C(O)C(CC2CCCCC2)NC1=O. The van der Waals surface area contributed by atoms with Crippen LogP contribution in [0, 0.1) is 5.92 Å². The molecule has 1 aliphatic carbocycles. The van der Waals surface area contributed by atoms with Crippen LogP contribution in [0.2, 0.25) is 0 Å². The van der Waals surface area contributed by atoms with E-state index in [0.29, 0.717) is 18.0 Å². The molecule has 0 saturated heterocycles. The highest BCUT2D eigenvalue weighted by molar-refractivity contribution is 6.24. The standard InChI is InChI=1S/C24H26N2O3/c27-22-20(15-16-7-3-1-4-8-16)26-24(29)21(22)23(28)25-19-13-11-18(12-14-19)17-9-5-2-6-10-17/h2,5-6,9-14,16,20,27H,1,3-4,7-8,15H2,(H,25,28)(H,26,29). The molecule has 2 aromatic carbocycles. The number of carbonyl (C=O) groups is 2. The molecule has 1 fully saturated rings. The Balaban J connectivity index is 1.43. The Morgan fingerprint density at radius 1 is 0.966 bits per heavy atom. The number of aliphatic hydroxyl groups excluding tert-OH is 1. The molecule has 1 saturated carbocycles. The van der Waals surface area contributed by atoms with E-state index in [0.717, 1.165) is 24.0 Å². The maximum atomic E-state index is 12.6. The third kappa shape index (κ3) is 4.34. The van der Waals surface area contributed by atoms with Gasteiger partial charge in [-0.05, 0) is 35.6 Å². The van der Waals surface area contributed by atoms with Crippen molar-refractivity contribution in [2.45, 2.75) is 44.6 Å². The summed E-state index contributed by atoms with van der Waals surface area (Å²) < 4.78 is 0. The van der Waals surface area contributed by atoms with Gasteiger partial charge in [0, 0.05) is 5.69 Å². The first kappa shape index (κ1) is 19.2. The van der Waals surface area contributed by atoms with Gasteiger partial charge in [0.05, 0.1) is 6.04 Å². The molecule has 2 amide bonds. The van der Waals surface area contributed by atoms with Crippen LogP contribution in [0.4, 0.5) is 5.69 Å². The molecule has 3 N–H and O–H groups in total. The zero-order chi connectivity index (χ0) is 20.2. The van der Waals surface area contributed by atoms with Crippen LogP contribution in [-0.4, -0.2) is 23.0 Å². The van der Waals surface area contributed by atoms with Gasteiger partial charge < -0.3 is 15.7 Å². The largest absolute Gasteiger partial charge is 0.509 e. The van der Waals surface area contributed by atoms with Crippen LogP contribution in [0.3, 0.4) is 0 Å². The predicted octanol–water partition coefficient (Wildman–Crippen LogP) is 4.57. The summed E-state index contributed by atoms with van der Waals surface area (Å²) in [6.07, 6.45) is 6.58. The number of rotatable bonds is 5. The number of hydrogen-bond donors (Lipinski definition) is 3. The average Bonchev–Trinajstić information content (AvgIpc) is 3.03. The second kappa shape index (κ2) is 8.52. The Morgan fingerprint density at radius 2 is 1.62 bits per heavy atom. The molecular formula is C24H26N2O3. The van der Waals surface area contributed by atoms with Crippen molar-refractivity contribution >= 4 is 17.5 Å². The fourth-order valence-electron chi connectivity index (χ4n) is 4.31. The molecule has 5 nitrogen and oxygen atoms in total. The monoisotopic (exact) mass is 390 g/mol. The van der Waals surface area contributed by atoms with Crippen molar-refractivity contribution in [2.24, 2.45) is 5.92 Å². The van der Waals surface area contributed by atoms with Crippen LogP contribution in [-0.2, 0) is 9.59 Å². The van der Waals surface area contributed by atoms with Crippen LogP contribution in [0.25, 0.3) is 11.1 Å².